The molecular formula is C104H115Cl2F4N23O10. The van der Waals surface area contributed by atoms with Crippen LogP contribution in [-0.2, 0) is 14.4 Å². The number of amides is 3. The molecule has 12 aromatic rings. The number of hydrogen-bond acceptors (Lipinski definition) is 27. The van der Waals surface area contributed by atoms with Gasteiger partial charge in [0, 0.05) is 130 Å². The average molecular weight is 1990 g/mol. The zero-order valence-electron chi connectivity index (χ0n) is 82.0. The van der Waals surface area contributed by atoms with Gasteiger partial charge in [0.1, 0.15) is 66.2 Å². The maximum Gasteiger partial charge on any atom is 0.355 e. The third kappa shape index (κ3) is 21.4. The predicted molar refractivity (Wildman–Crippen MR) is 540 cm³/mol. The summed E-state index contributed by atoms with van der Waals surface area (Å²) < 4.78 is 83.5. The van der Waals surface area contributed by atoms with Gasteiger partial charge in [0.2, 0.25) is 17.7 Å². The summed E-state index contributed by atoms with van der Waals surface area (Å²) in [6.07, 6.45) is 10.4. The van der Waals surface area contributed by atoms with Gasteiger partial charge in [-0.05, 0) is 192 Å². The van der Waals surface area contributed by atoms with Crippen LogP contribution in [0.1, 0.15) is 176 Å². The van der Waals surface area contributed by atoms with E-state index >= 15 is 17.6 Å². The van der Waals surface area contributed by atoms with Crippen molar-refractivity contribution in [2.75, 3.05) is 135 Å². The van der Waals surface area contributed by atoms with Crippen LogP contribution in [0.4, 0.5) is 35.0 Å². The van der Waals surface area contributed by atoms with E-state index in [2.05, 4.69) is 44.7 Å². The zero-order valence-corrected chi connectivity index (χ0v) is 83.5. The third-order valence-corrected chi connectivity index (χ3v) is 26.9. The molecule has 3 amide bonds. The molecule has 1 N–H and O–H groups in total. The molecule has 0 bridgehead atoms. The number of nitrogens with zero attached hydrogens (tertiary/aromatic N) is 23. The maximum atomic E-state index is 16.1. The Morgan fingerprint density at radius 3 is 1.01 bits per heavy atom. The van der Waals surface area contributed by atoms with Gasteiger partial charge in [0.25, 0.3) is 0 Å². The number of ether oxygens (including phenoxy) is 3. The molecule has 748 valence electrons. The van der Waals surface area contributed by atoms with E-state index in [4.69, 9.17) is 72.3 Å². The van der Waals surface area contributed by atoms with E-state index in [0.29, 0.717) is 153 Å². The largest absolute Gasteiger partial charge is 0.462 e. The lowest BCUT2D eigenvalue weighted by Crippen LogP contribution is -2.54. The Morgan fingerprint density at radius 2 is 0.720 bits per heavy atom. The van der Waals surface area contributed by atoms with Crippen molar-refractivity contribution in [1.82, 2.24) is 98.0 Å². The average Bonchev–Trinajstić information content (AvgIpc) is 1.72. The van der Waals surface area contributed by atoms with Gasteiger partial charge in [-0.15, -0.1) is 0 Å². The van der Waals surface area contributed by atoms with E-state index < -0.39 is 46.4 Å². The van der Waals surface area contributed by atoms with Crippen LogP contribution in [0.3, 0.4) is 0 Å². The van der Waals surface area contributed by atoms with Crippen molar-refractivity contribution in [3.63, 3.8) is 0 Å². The number of anilines is 3. The Balaban J connectivity index is 0.000000147. The van der Waals surface area contributed by atoms with Gasteiger partial charge < -0.3 is 58.5 Å². The first-order valence-electron chi connectivity index (χ1n) is 48.4. The molecule has 4 atom stereocenters. The highest BCUT2D eigenvalue weighted by atomic mass is 35.5. The smallest absolute Gasteiger partial charge is 0.355 e. The molecule has 9 aromatic heterocycles. The van der Waals surface area contributed by atoms with Crippen LogP contribution >= 0.6 is 23.2 Å². The Bertz CT molecular complexity index is 6790. The van der Waals surface area contributed by atoms with Crippen LogP contribution in [0, 0.1) is 23.3 Å². The van der Waals surface area contributed by atoms with Crippen LogP contribution in [0.25, 0.3) is 83.9 Å². The van der Waals surface area contributed by atoms with Crippen molar-refractivity contribution in [2.24, 2.45) is 0 Å². The maximum absolute atomic E-state index is 16.1. The molecule has 33 nitrogen and oxygen atoms in total. The van der Waals surface area contributed by atoms with Crippen LogP contribution in [0.2, 0.25) is 10.0 Å². The molecule has 7 aliphatic rings. The van der Waals surface area contributed by atoms with E-state index in [1.165, 1.54) is 68.3 Å². The molecule has 19 rings (SSSR count). The Kier molecular flexibility index (Phi) is 30.0. The molecule has 7 fully saturated rings. The van der Waals surface area contributed by atoms with Crippen LogP contribution in [0.15, 0.2) is 143 Å². The van der Waals surface area contributed by atoms with Crippen molar-refractivity contribution in [3.8, 4) is 68.9 Å². The number of halogens is 6. The number of piperazine rings is 3. The lowest BCUT2D eigenvalue weighted by Gasteiger charge is -2.40. The third-order valence-electron chi connectivity index (χ3n) is 26.3. The fourth-order valence-electron chi connectivity index (χ4n) is 18.4. The summed E-state index contributed by atoms with van der Waals surface area (Å²) in [5.74, 6) is -1.86. The van der Waals surface area contributed by atoms with E-state index in [1.807, 2.05) is 101 Å². The number of carbonyl (C=O) groups is 3. The number of pyridine rings is 3. The molecule has 1 unspecified atom stereocenters. The van der Waals surface area contributed by atoms with E-state index in [0.717, 1.165) is 62.8 Å². The minimum Gasteiger partial charge on any atom is -0.462 e. The Labute approximate surface area is 834 Å². The second-order valence-electron chi connectivity index (χ2n) is 38.5. The number of aromatic nitrogens is 15. The van der Waals surface area contributed by atoms with E-state index in [9.17, 15) is 33.9 Å². The lowest BCUT2D eigenvalue weighted by molar-refractivity contribution is -0.127. The predicted octanol–water partition coefficient (Wildman–Crippen LogP) is 14.6. The van der Waals surface area contributed by atoms with Crippen molar-refractivity contribution in [3.05, 3.63) is 228 Å². The number of likely N-dealkylation sites (N-methyl/N-ethyl adjacent to an activating group) is 2. The summed E-state index contributed by atoms with van der Waals surface area (Å²) in [6, 6.07) is 22.9. The second-order valence-corrected chi connectivity index (χ2v) is 39.3. The molecular weight excluding hydrogens is 1880 g/mol. The number of rotatable bonds is 29. The van der Waals surface area contributed by atoms with E-state index in [-0.39, 0.29) is 162 Å². The van der Waals surface area contributed by atoms with Gasteiger partial charge in [-0.25, -0.2) is 60.6 Å². The van der Waals surface area contributed by atoms with E-state index in [1.54, 1.807) is 76.2 Å². The topological polar surface area (TPSA) is 346 Å². The summed E-state index contributed by atoms with van der Waals surface area (Å²) in [7, 11) is 7.87. The standard InChI is InChI=1S/C35H38ClFN8O3.C35H38F2N8O3.C34H39ClFN7O4/c1-5-27(46)43-14-15-44(20(2)19-43)32-24-18-25(36)30(23-8-6-7-9-26(23)37)38-33(24)45(35(47)41-32)31-28(21-10-11-21)39-34(48-17-16-42(3)4)40-29(31)22-12-13-22;1-5-27(46)43-14-15-44(20(2)19-43)32-24-18-26(37)30(23-8-6-7-9-25(23)36)38-33(24)45(35(47)41-32)31-28(21-10-11-21)39-34(48-17-16-42(3)4)40-29(31)22-12-13-22;1-8-26(45)41-13-14-42(20(6)16-41)31-23-15-24(35)29(22-11-9-10-12-25(22)36)37-32(23)43(34(46)40-31)30-27(18(2)3)38-33(47-17-21(7)44)39-28(30)19(4)5/h2*5-9,18,20-22H,1,10-17,19H2,2-4H3;8-12,15,18-21,44H,1,13-14,16-17H2,2-7H3/t2*20-;20-,21?/m000/s1. The van der Waals surface area contributed by atoms with Crippen molar-refractivity contribution in [1.29, 1.82) is 0 Å². The molecule has 4 aliphatic carbocycles. The van der Waals surface area contributed by atoms with Gasteiger partial charge in [-0.3, -0.25) is 14.4 Å². The van der Waals surface area contributed by atoms with Crippen LogP contribution in [-0.4, -0.2) is 265 Å². The van der Waals surface area contributed by atoms with Crippen LogP contribution in [0.5, 0.6) is 18.0 Å². The van der Waals surface area contributed by atoms with Crippen molar-refractivity contribution >= 4 is 91.5 Å². The molecule has 0 radical (unpaired) electrons. The first-order chi connectivity index (χ1) is 68.6. The Morgan fingerprint density at radius 1 is 0.420 bits per heavy atom. The summed E-state index contributed by atoms with van der Waals surface area (Å²) in [4.78, 5) is 153. The molecule has 3 saturated heterocycles. The molecule has 143 heavy (non-hydrogen) atoms. The normalized spacial score (nSPS) is 17.3. The molecule has 39 heteroatoms. The number of carbonyl (C=O) groups excluding carboxylic acids is 3. The monoisotopic (exact) mass is 1990 g/mol. The molecule has 4 saturated carbocycles. The van der Waals surface area contributed by atoms with Crippen molar-refractivity contribution in [2.45, 2.75) is 166 Å². The minimum atomic E-state index is -0.750. The molecule has 12 heterocycles. The first kappa shape index (κ1) is 101. The highest BCUT2D eigenvalue weighted by molar-refractivity contribution is 6.34. The van der Waals surface area contributed by atoms with Gasteiger partial charge in [-0.2, -0.15) is 44.9 Å². The number of hydrogen-bond donors (Lipinski definition) is 1. The van der Waals surface area contributed by atoms with Gasteiger partial charge in [-0.1, -0.05) is 107 Å². The summed E-state index contributed by atoms with van der Waals surface area (Å²) in [6.45, 7) is 31.7. The van der Waals surface area contributed by atoms with Gasteiger partial charge in [0.05, 0.1) is 94.9 Å². The lowest BCUT2D eigenvalue weighted by atomic mass is 10.0. The fraction of sp³-hybridized carbons (Fsp3) is 0.423. The quantitative estimate of drug-likeness (QED) is 0.0336. The second kappa shape index (κ2) is 42.5. The molecule has 0 spiro atoms. The number of benzene rings is 3. The minimum absolute atomic E-state index is 0.0105. The summed E-state index contributed by atoms with van der Waals surface area (Å²) in [5, 5.41) is 11.5. The number of fused-ring (bicyclic) bond motifs is 3. The zero-order chi connectivity index (χ0) is 102. The molecule has 3 aliphatic heterocycles. The van der Waals surface area contributed by atoms with Crippen LogP contribution < -0.4 is 46.0 Å². The van der Waals surface area contributed by atoms with Gasteiger partial charge >= 0.3 is 35.1 Å². The SMILES string of the molecule is C=CC(=O)N1CCN(c2nc(=O)n(-c3c(C(C)C)nc(OCC(C)O)nc3C(C)C)c3nc(-c4ccccc4F)c(Cl)cc23)[C@@H](C)C1.C=CC(=O)N1CCN(c2nc(=O)n(-c3c(C4CC4)nc(OCCN(C)C)nc3C3CC3)c3nc(-c4ccccc4F)c(Cl)cc23)[C@@H](C)C1.C=CC(=O)N1CCN(c2nc(=O)n(-c3c(C4CC4)nc(OCCN(C)C)nc3C3CC3)c3nc(-c4ccccc4F)c(F)cc23)[C@@H](C)C1. The number of aliphatic hydroxyl groups is 1. The fourth-order valence-corrected chi connectivity index (χ4v) is 18.9. The summed E-state index contributed by atoms with van der Waals surface area (Å²) >= 11 is 13.7. The first-order valence-corrected chi connectivity index (χ1v) is 49.2. The highest BCUT2D eigenvalue weighted by Gasteiger charge is 2.43. The Hall–Kier alpha value is -13.6. The molecule has 3 aromatic carbocycles. The van der Waals surface area contributed by atoms with Crippen molar-refractivity contribution < 1.29 is 51.3 Å². The highest BCUT2D eigenvalue weighted by Crippen LogP contribution is 2.52. The van der Waals surface area contributed by atoms with Gasteiger partial charge in [0.15, 0.2) is 16.9 Å². The number of aliphatic hydroxyl groups excluding tert-OH is 1. The summed E-state index contributed by atoms with van der Waals surface area (Å²) in [5.41, 5.74) is 4.67.